The lowest BCUT2D eigenvalue weighted by atomic mass is 9.91. The fourth-order valence-electron chi connectivity index (χ4n) is 3.82. The zero-order chi connectivity index (χ0) is 16.4. The Kier molecular flexibility index (Phi) is 5.07. The molecule has 2 fully saturated rings. The van der Waals surface area contributed by atoms with Crippen molar-refractivity contribution in [2.24, 2.45) is 5.92 Å². The molecule has 0 aromatic carbocycles. The van der Waals surface area contributed by atoms with Crippen molar-refractivity contribution in [3.63, 3.8) is 0 Å². The molecule has 2 saturated heterocycles. The van der Waals surface area contributed by atoms with Gasteiger partial charge in [0.25, 0.3) is 0 Å². The van der Waals surface area contributed by atoms with Crippen molar-refractivity contribution < 1.29 is 14.3 Å². The van der Waals surface area contributed by atoms with E-state index in [9.17, 15) is 9.90 Å². The van der Waals surface area contributed by atoms with Gasteiger partial charge in [-0.25, -0.2) is 0 Å². The van der Waals surface area contributed by atoms with Crippen LogP contribution >= 0.6 is 0 Å². The van der Waals surface area contributed by atoms with Gasteiger partial charge in [0.15, 0.2) is 0 Å². The van der Waals surface area contributed by atoms with Crippen molar-refractivity contribution in [3.05, 3.63) is 23.7 Å². The SMILES string of the molecule is Cc1ccc(C2CC(C)CCN2CC(O)CN2CCCC2=O)o1. The number of hydrogen-bond acceptors (Lipinski definition) is 4. The number of piperidine rings is 1. The maximum atomic E-state index is 11.7. The van der Waals surface area contributed by atoms with Crippen LogP contribution in [-0.2, 0) is 4.79 Å². The Balaban J connectivity index is 1.63. The number of furan rings is 1. The minimum Gasteiger partial charge on any atom is -0.465 e. The van der Waals surface area contributed by atoms with E-state index in [1.807, 2.05) is 13.0 Å². The Morgan fingerprint density at radius 2 is 2.17 bits per heavy atom. The molecule has 5 nitrogen and oxygen atoms in total. The Morgan fingerprint density at radius 1 is 1.35 bits per heavy atom. The van der Waals surface area contributed by atoms with Crippen LogP contribution in [0.15, 0.2) is 16.5 Å². The molecule has 2 aliphatic rings. The summed E-state index contributed by atoms with van der Waals surface area (Å²) in [4.78, 5) is 15.8. The first-order chi connectivity index (χ1) is 11.0. The monoisotopic (exact) mass is 320 g/mol. The lowest BCUT2D eigenvalue weighted by Gasteiger charge is -2.38. The molecule has 3 unspecified atom stereocenters. The van der Waals surface area contributed by atoms with Crippen LogP contribution in [0.2, 0.25) is 0 Å². The van der Waals surface area contributed by atoms with E-state index in [1.165, 1.54) is 0 Å². The number of carbonyl (C=O) groups is 1. The molecule has 2 aliphatic heterocycles. The fraction of sp³-hybridized carbons (Fsp3) is 0.722. The maximum Gasteiger partial charge on any atom is 0.222 e. The van der Waals surface area contributed by atoms with Crippen LogP contribution in [0.3, 0.4) is 0 Å². The number of hydrogen-bond donors (Lipinski definition) is 1. The largest absolute Gasteiger partial charge is 0.465 e. The van der Waals surface area contributed by atoms with Crippen molar-refractivity contribution in [2.45, 2.75) is 51.7 Å². The standard InChI is InChI=1S/C18H28N2O3/c1-13-7-9-19(16(10-13)17-6-5-14(2)23-17)11-15(21)12-20-8-3-4-18(20)22/h5-6,13,15-16,21H,3-4,7-12H2,1-2H3. The van der Waals surface area contributed by atoms with Gasteiger partial charge in [-0.05, 0) is 50.8 Å². The minimum atomic E-state index is -0.496. The van der Waals surface area contributed by atoms with E-state index >= 15 is 0 Å². The number of nitrogens with zero attached hydrogens (tertiary/aromatic N) is 2. The predicted octanol–water partition coefficient (Wildman–Crippen LogP) is 2.34. The molecule has 1 amide bonds. The van der Waals surface area contributed by atoms with Gasteiger partial charge in [0.2, 0.25) is 5.91 Å². The third-order valence-corrected chi connectivity index (χ3v) is 5.11. The first kappa shape index (κ1) is 16.5. The summed E-state index contributed by atoms with van der Waals surface area (Å²) in [6, 6.07) is 4.30. The van der Waals surface area contributed by atoms with E-state index in [1.54, 1.807) is 4.90 Å². The summed E-state index contributed by atoms with van der Waals surface area (Å²) in [5.41, 5.74) is 0. The molecule has 0 saturated carbocycles. The van der Waals surface area contributed by atoms with Crippen molar-refractivity contribution >= 4 is 5.91 Å². The molecule has 0 bridgehead atoms. The summed E-state index contributed by atoms with van der Waals surface area (Å²) >= 11 is 0. The molecular formula is C18H28N2O3. The van der Waals surface area contributed by atoms with Crippen LogP contribution in [0, 0.1) is 12.8 Å². The number of rotatable bonds is 5. The molecule has 0 spiro atoms. The predicted molar refractivity (Wildman–Crippen MR) is 88.0 cm³/mol. The lowest BCUT2D eigenvalue weighted by Crippen LogP contribution is -2.44. The number of amides is 1. The fourth-order valence-corrected chi connectivity index (χ4v) is 3.82. The Hall–Kier alpha value is -1.33. The van der Waals surface area contributed by atoms with Crippen LogP contribution in [-0.4, -0.2) is 53.1 Å². The molecular weight excluding hydrogens is 292 g/mol. The third-order valence-electron chi connectivity index (χ3n) is 5.11. The van der Waals surface area contributed by atoms with Gasteiger partial charge in [-0.3, -0.25) is 9.69 Å². The number of β-amino-alcohol motifs (C(OH)–C–C–N with tert-alkyl or cyclic N) is 1. The number of aliphatic hydroxyl groups is 1. The van der Waals surface area contributed by atoms with Gasteiger partial charge < -0.3 is 14.4 Å². The summed E-state index contributed by atoms with van der Waals surface area (Å²) < 4.78 is 5.85. The van der Waals surface area contributed by atoms with Crippen LogP contribution in [0.25, 0.3) is 0 Å². The highest BCUT2D eigenvalue weighted by Gasteiger charge is 2.32. The number of aliphatic hydroxyl groups excluding tert-OH is 1. The lowest BCUT2D eigenvalue weighted by molar-refractivity contribution is -0.129. The summed E-state index contributed by atoms with van der Waals surface area (Å²) in [5, 5.41) is 10.4. The zero-order valence-corrected chi connectivity index (χ0v) is 14.2. The van der Waals surface area contributed by atoms with Crippen LogP contribution in [0.4, 0.5) is 0 Å². The van der Waals surface area contributed by atoms with Crippen LogP contribution in [0.1, 0.15) is 50.2 Å². The van der Waals surface area contributed by atoms with Gasteiger partial charge in [0, 0.05) is 26.1 Å². The summed E-state index contributed by atoms with van der Waals surface area (Å²) in [5.74, 6) is 2.77. The van der Waals surface area contributed by atoms with E-state index in [0.717, 1.165) is 43.9 Å². The summed E-state index contributed by atoms with van der Waals surface area (Å²) in [7, 11) is 0. The normalized spacial score (nSPS) is 27.6. The Bertz CT molecular complexity index is 542. The maximum absolute atomic E-state index is 11.7. The minimum absolute atomic E-state index is 0.175. The molecule has 1 aromatic rings. The van der Waals surface area contributed by atoms with Crippen molar-refractivity contribution in [2.75, 3.05) is 26.2 Å². The molecule has 1 aromatic heterocycles. The Labute approximate surface area is 138 Å². The van der Waals surface area contributed by atoms with E-state index in [2.05, 4.69) is 17.9 Å². The first-order valence-corrected chi connectivity index (χ1v) is 8.79. The molecule has 5 heteroatoms. The van der Waals surface area contributed by atoms with Gasteiger partial charge in [-0.2, -0.15) is 0 Å². The van der Waals surface area contributed by atoms with Gasteiger partial charge in [-0.1, -0.05) is 6.92 Å². The number of carbonyl (C=O) groups excluding carboxylic acids is 1. The van der Waals surface area contributed by atoms with E-state index in [-0.39, 0.29) is 11.9 Å². The molecule has 0 radical (unpaired) electrons. The van der Waals surface area contributed by atoms with Gasteiger partial charge in [-0.15, -0.1) is 0 Å². The number of aryl methyl sites for hydroxylation is 1. The quantitative estimate of drug-likeness (QED) is 0.905. The second kappa shape index (κ2) is 7.05. The molecule has 128 valence electrons. The van der Waals surface area contributed by atoms with E-state index in [4.69, 9.17) is 4.42 Å². The molecule has 3 heterocycles. The van der Waals surface area contributed by atoms with Gasteiger partial charge in [0.1, 0.15) is 11.5 Å². The second-order valence-corrected chi connectivity index (χ2v) is 7.19. The van der Waals surface area contributed by atoms with Crippen LogP contribution < -0.4 is 0 Å². The summed E-state index contributed by atoms with van der Waals surface area (Å²) in [6.07, 6.45) is 3.25. The van der Waals surface area contributed by atoms with Gasteiger partial charge >= 0.3 is 0 Å². The van der Waals surface area contributed by atoms with Gasteiger partial charge in [0.05, 0.1) is 12.1 Å². The zero-order valence-electron chi connectivity index (χ0n) is 14.2. The van der Waals surface area contributed by atoms with Crippen molar-refractivity contribution in [3.8, 4) is 0 Å². The topological polar surface area (TPSA) is 56.9 Å². The molecule has 1 N–H and O–H groups in total. The highest BCUT2D eigenvalue weighted by molar-refractivity contribution is 5.78. The molecule has 3 rings (SSSR count). The van der Waals surface area contributed by atoms with E-state index < -0.39 is 6.10 Å². The molecule has 0 aliphatic carbocycles. The first-order valence-electron chi connectivity index (χ1n) is 8.79. The van der Waals surface area contributed by atoms with Crippen molar-refractivity contribution in [1.82, 2.24) is 9.80 Å². The average Bonchev–Trinajstić information content (AvgIpc) is 3.10. The van der Waals surface area contributed by atoms with Crippen molar-refractivity contribution in [1.29, 1.82) is 0 Å². The van der Waals surface area contributed by atoms with Crippen LogP contribution in [0.5, 0.6) is 0 Å². The third kappa shape index (κ3) is 3.96. The summed E-state index contributed by atoms with van der Waals surface area (Å²) in [6.45, 7) is 7.05. The molecule has 23 heavy (non-hydrogen) atoms. The highest BCUT2D eigenvalue weighted by Crippen LogP contribution is 2.34. The molecule has 3 atom stereocenters. The van der Waals surface area contributed by atoms with E-state index in [0.29, 0.717) is 25.4 Å². The highest BCUT2D eigenvalue weighted by atomic mass is 16.3. The number of likely N-dealkylation sites (tertiary alicyclic amines) is 2. The average molecular weight is 320 g/mol. The second-order valence-electron chi connectivity index (χ2n) is 7.19. The Morgan fingerprint density at radius 3 is 2.83 bits per heavy atom. The smallest absolute Gasteiger partial charge is 0.222 e.